The van der Waals surface area contributed by atoms with E-state index in [1.54, 1.807) is 6.08 Å². The lowest BCUT2D eigenvalue weighted by atomic mass is 9.97. The van der Waals surface area contributed by atoms with Crippen LogP contribution in [0.3, 0.4) is 0 Å². The van der Waals surface area contributed by atoms with Crippen LogP contribution in [-0.4, -0.2) is 0 Å². The fourth-order valence-electron chi connectivity index (χ4n) is 3.45. The molecule has 1 heterocycles. The molecule has 1 heteroatoms. The molecule has 4 aromatic carbocycles. The average Bonchev–Trinajstić information content (AvgIpc) is 3.03. The molecule has 0 radical (unpaired) electrons. The van der Waals surface area contributed by atoms with E-state index >= 15 is 0 Å². The van der Waals surface area contributed by atoms with Gasteiger partial charge in [0, 0.05) is 10.8 Å². The first-order valence-electron chi connectivity index (χ1n) is 7.74. The molecule has 23 heavy (non-hydrogen) atoms. The number of fused-ring (bicyclic) bond motifs is 6. The molecule has 0 unspecified atom stereocenters. The lowest BCUT2D eigenvalue weighted by molar-refractivity contribution is 0.607. The molecule has 0 amide bonds. The van der Waals surface area contributed by atoms with E-state index in [1.165, 1.54) is 26.9 Å². The smallest absolute Gasteiger partial charge is 0.142 e. The van der Waals surface area contributed by atoms with E-state index in [2.05, 4.69) is 67.2 Å². The van der Waals surface area contributed by atoms with Crippen LogP contribution in [0.4, 0.5) is 0 Å². The summed E-state index contributed by atoms with van der Waals surface area (Å²) in [6.07, 6.45) is 1.75. The number of rotatable bonds is 1. The molecule has 0 aliphatic rings. The first kappa shape index (κ1) is 12.5. The maximum absolute atomic E-state index is 5.95. The minimum Gasteiger partial charge on any atom is -0.456 e. The van der Waals surface area contributed by atoms with Crippen molar-refractivity contribution >= 4 is 49.4 Å². The Kier molecular flexibility index (Phi) is 2.42. The molecule has 0 saturated heterocycles. The van der Waals surface area contributed by atoms with Crippen LogP contribution >= 0.6 is 0 Å². The highest BCUT2D eigenvalue weighted by atomic mass is 16.3. The minimum absolute atomic E-state index is 0.811. The van der Waals surface area contributed by atoms with Gasteiger partial charge in [0.15, 0.2) is 0 Å². The summed E-state index contributed by atoms with van der Waals surface area (Å²) in [5, 5.41) is 8.55. The highest BCUT2D eigenvalue weighted by Crippen LogP contribution is 2.34. The van der Waals surface area contributed by atoms with E-state index in [-0.39, 0.29) is 0 Å². The minimum atomic E-state index is 0.811. The van der Waals surface area contributed by atoms with Crippen molar-refractivity contribution in [3.63, 3.8) is 0 Å². The molecular formula is C22H14O. The average molecular weight is 294 g/mol. The molecule has 1 aromatic heterocycles. The second kappa shape index (κ2) is 4.47. The first-order valence-corrected chi connectivity index (χ1v) is 7.74. The van der Waals surface area contributed by atoms with Gasteiger partial charge in [0.25, 0.3) is 0 Å². The third-order valence-electron chi connectivity index (χ3n) is 4.58. The van der Waals surface area contributed by atoms with Gasteiger partial charge in [-0.15, -0.1) is 0 Å². The molecule has 108 valence electrons. The molecule has 0 spiro atoms. The van der Waals surface area contributed by atoms with Gasteiger partial charge in [0.2, 0.25) is 0 Å². The quantitative estimate of drug-likeness (QED) is 0.253. The Labute approximate surface area is 133 Å². The third kappa shape index (κ3) is 1.74. The van der Waals surface area contributed by atoms with Crippen LogP contribution in [-0.2, 0) is 0 Å². The molecule has 0 atom stereocenters. The van der Waals surface area contributed by atoms with Crippen LogP contribution in [0.15, 0.2) is 77.7 Å². The van der Waals surface area contributed by atoms with Gasteiger partial charge in [-0.2, -0.15) is 0 Å². The highest BCUT2D eigenvalue weighted by molar-refractivity contribution is 6.18. The van der Waals surface area contributed by atoms with Crippen molar-refractivity contribution in [3.05, 3.63) is 79.1 Å². The van der Waals surface area contributed by atoms with Gasteiger partial charge in [-0.05, 0) is 57.3 Å². The summed E-state index contributed by atoms with van der Waals surface area (Å²) in [6, 6.07) is 23.7. The predicted molar refractivity (Wildman–Crippen MR) is 98.8 cm³/mol. The van der Waals surface area contributed by atoms with Crippen LogP contribution in [0, 0.1) is 0 Å². The van der Waals surface area contributed by atoms with Crippen molar-refractivity contribution in [3.8, 4) is 0 Å². The first-order chi connectivity index (χ1) is 11.3. The van der Waals surface area contributed by atoms with Crippen LogP contribution in [0.2, 0.25) is 0 Å². The number of benzene rings is 4. The van der Waals surface area contributed by atoms with E-state index < -0.39 is 0 Å². The van der Waals surface area contributed by atoms with Crippen LogP contribution in [0.25, 0.3) is 49.4 Å². The standard InChI is InChI=1S/C22H14O/c1-2-18-12-17-8-9-19-20(22(17)23-18)10-7-16-11-14-5-3-4-6-15(14)13-21(16)19/h2-13H,1H2. The Morgan fingerprint density at radius 3 is 2.22 bits per heavy atom. The number of hydrogen-bond donors (Lipinski definition) is 0. The molecule has 0 N–H and O–H groups in total. The Balaban J connectivity index is 1.98. The van der Waals surface area contributed by atoms with Crippen LogP contribution < -0.4 is 0 Å². The molecule has 5 aromatic rings. The predicted octanol–water partition coefficient (Wildman–Crippen LogP) is 6.54. The second-order valence-electron chi connectivity index (χ2n) is 5.92. The topological polar surface area (TPSA) is 13.1 Å². The van der Waals surface area contributed by atoms with E-state index in [9.17, 15) is 0 Å². The zero-order valence-electron chi connectivity index (χ0n) is 12.5. The van der Waals surface area contributed by atoms with Gasteiger partial charge in [0.1, 0.15) is 11.3 Å². The largest absolute Gasteiger partial charge is 0.456 e. The van der Waals surface area contributed by atoms with Crippen molar-refractivity contribution in [1.29, 1.82) is 0 Å². The summed E-state index contributed by atoms with van der Waals surface area (Å²) in [5.74, 6) is 0.811. The van der Waals surface area contributed by atoms with E-state index in [0.717, 1.165) is 22.1 Å². The van der Waals surface area contributed by atoms with Gasteiger partial charge in [0.05, 0.1) is 0 Å². The summed E-state index contributed by atoms with van der Waals surface area (Å²) in [6.45, 7) is 3.80. The Morgan fingerprint density at radius 1 is 0.652 bits per heavy atom. The van der Waals surface area contributed by atoms with E-state index in [4.69, 9.17) is 4.42 Å². The lowest BCUT2D eigenvalue weighted by Crippen LogP contribution is -1.80. The fourth-order valence-corrected chi connectivity index (χ4v) is 3.45. The Bertz CT molecular complexity index is 1220. The molecule has 1 nitrogen and oxygen atoms in total. The maximum atomic E-state index is 5.95. The van der Waals surface area contributed by atoms with Gasteiger partial charge in [-0.1, -0.05) is 49.0 Å². The SMILES string of the molecule is C=Cc1cc2ccc3c4cc5ccccc5cc4ccc3c2o1. The van der Waals surface area contributed by atoms with Crippen molar-refractivity contribution < 1.29 is 4.42 Å². The monoisotopic (exact) mass is 294 g/mol. The Morgan fingerprint density at radius 2 is 1.39 bits per heavy atom. The molecular weight excluding hydrogens is 280 g/mol. The highest BCUT2D eigenvalue weighted by Gasteiger charge is 2.09. The Hall–Kier alpha value is -3.06. The van der Waals surface area contributed by atoms with Gasteiger partial charge < -0.3 is 4.42 Å². The summed E-state index contributed by atoms with van der Waals surface area (Å²) in [5.41, 5.74) is 0.937. The zero-order chi connectivity index (χ0) is 15.4. The molecule has 5 rings (SSSR count). The molecule has 0 bridgehead atoms. The third-order valence-corrected chi connectivity index (χ3v) is 4.58. The van der Waals surface area contributed by atoms with Gasteiger partial charge in [-0.25, -0.2) is 0 Å². The number of furan rings is 1. The summed E-state index contributed by atoms with van der Waals surface area (Å²) in [4.78, 5) is 0. The molecule has 0 aliphatic carbocycles. The van der Waals surface area contributed by atoms with E-state index in [1.807, 2.05) is 6.07 Å². The van der Waals surface area contributed by atoms with Crippen molar-refractivity contribution in [1.82, 2.24) is 0 Å². The molecule has 0 aliphatic heterocycles. The normalized spacial score (nSPS) is 11.7. The maximum Gasteiger partial charge on any atom is 0.142 e. The number of hydrogen-bond acceptors (Lipinski definition) is 1. The van der Waals surface area contributed by atoms with E-state index in [0.29, 0.717) is 0 Å². The van der Waals surface area contributed by atoms with Crippen molar-refractivity contribution in [2.24, 2.45) is 0 Å². The zero-order valence-corrected chi connectivity index (χ0v) is 12.5. The molecule has 0 saturated carbocycles. The second-order valence-corrected chi connectivity index (χ2v) is 5.92. The summed E-state index contributed by atoms with van der Waals surface area (Å²) < 4.78 is 5.95. The van der Waals surface area contributed by atoms with Crippen molar-refractivity contribution in [2.75, 3.05) is 0 Å². The van der Waals surface area contributed by atoms with Gasteiger partial charge in [-0.3, -0.25) is 0 Å². The lowest BCUT2D eigenvalue weighted by Gasteiger charge is -2.07. The van der Waals surface area contributed by atoms with Crippen LogP contribution in [0.5, 0.6) is 0 Å². The van der Waals surface area contributed by atoms with Crippen molar-refractivity contribution in [2.45, 2.75) is 0 Å². The van der Waals surface area contributed by atoms with Gasteiger partial charge >= 0.3 is 0 Å². The summed E-state index contributed by atoms with van der Waals surface area (Å²) in [7, 11) is 0. The molecule has 0 fully saturated rings. The fraction of sp³-hybridized carbons (Fsp3) is 0. The summed E-state index contributed by atoms with van der Waals surface area (Å²) >= 11 is 0. The van der Waals surface area contributed by atoms with Crippen LogP contribution in [0.1, 0.15) is 5.76 Å².